The average Bonchev–Trinajstić information content (AvgIpc) is 3.17. The summed E-state index contributed by atoms with van der Waals surface area (Å²) in [5.74, 6) is 1.06. The van der Waals surface area contributed by atoms with Crippen LogP contribution in [-0.2, 0) is 4.74 Å². The van der Waals surface area contributed by atoms with Crippen LogP contribution in [0.25, 0.3) is 0 Å². The van der Waals surface area contributed by atoms with Gasteiger partial charge in [-0.2, -0.15) is 5.10 Å². The minimum atomic E-state index is -0.653. The van der Waals surface area contributed by atoms with Crippen molar-refractivity contribution in [3.05, 3.63) is 47.5 Å². The molecule has 0 spiro atoms. The highest BCUT2D eigenvalue weighted by Crippen LogP contribution is 2.33. The van der Waals surface area contributed by atoms with Gasteiger partial charge in [0.2, 0.25) is 6.79 Å². The van der Waals surface area contributed by atoms with Gasteiger partial charge in [0, 0.05) is 0 Å². The summed E-state index contributed by atoms with van der Waals surface area (Å²) in [6, 6.07) is 9.62. The van der Waals surface area contributed by atoms with E-state index in [0.717, 1.165) is 0 Å². The molecule has 1 N–H and O–H groups in total. The zero-order valence-corrected chi connectivity index (χ0v) is 15.3. The van der Waals surface area contributed by atoms with Gasteiger partial charge >= 0.3 is 12.1 Å². The third-order valence-electron chi connectivity index (χ3n) is 3.64. The molecule has 0 radical (unpaired) electrons. The van der Waals surface area contributed by atoms with Gasteiger partial charge in [0.1, 0.15) is 0 Å². The third-order valence-corrected chi connectivity index (χ3v) is 3.64. The standard InChI is InChI=1S/C19H18N2O7/c1-3-25-19(23)21-20-10-12-4-6-15(16(8-12)24-2)28-18(22)13-5-7-14-17(9-13)27-11-26-14/h4-10H,3,11H2,1-2H3,(H,21,23). The van der Waals surface area contributed by atoms with Crippen molar-refractivity contribution in [1.29, 1.82) is 0 Å². The number of ether oxygens (including phenoxy) is 5. The smallest absolute Gasteiger partial charge is 0.427 e. The molecule has 146 valence electrons. The Balaban J connectivity index is 1.69. The number of carbonyl (C=O) groups excluding carboxylic acids is 2. The van der Waals surface area contributed by atoms with E-state index in [1.54, 1.807) is 43.3 Å². The number of esters is 1. The molecule has 1 aliphatic rings. The Morgan fingerprint density at radius 2 is 1.96 bits per heavy atom. The number of hydrogen-bond donors (Lipinski definition) is 1. The molecule has 9 heteroatoms. The summed E-state index contributed by atoms with van der Waals surface area (Å²) in [7, 11) is 1.45. The Hall–Kier alpha value is -3.75. The highest BCUT2D eigenvalue weighted by molar-refractivity contribution is 5.92. The second kappa shape index (κ2) is 8.76. The van der Waals surface area contributed by atoms with Gasteiger partial charge in [-0.15, -0.1) is 0 Å². The molecule has 0 aliphatic carbocycles. The lowest BCUT2D eigenvalue weighted by Crippen LogP contribution is -2.18. The first-order valence-electron chi connectivity index (χ1n) is 8.36. The van der Waals surface area contributed by atoms with Gasteiger partial charge in [-0.25, -0.2) is 15.0 Å². The van der Waals surface area contributed by atoms with E-state index in [4.69, 9.17) is 23.7 Å². The number of hydrogen-bond acceptors (Lipinski definition) is 8. The molecule has 0 fully saturated rings. The Kier molecular flexibility index (Phi) is 5.95. The third kappa shape index (κ3) is 4.50. The lowest BCUT2D eigenvalue weighted by molar-refractivity contribution is 0.0729. The Labute approximate surface area is 160 Å². The number of fused-ring (bicyclic) bond motifs is 1. The van der Waals surface area contributed by atoms with Crippen molar-refractivity contribution in [2.45, 2.75) is 6.92 Å². The van der Waals surface area contributed by atoms with Crippen molar-refractivity contribution in [2.24, 2.45) is 5.10 Å². The lowest BCUT2D eigenvalue weighted by Gasteiger charge is -2.10. The normalized spacial score (nSPS) is 11.9. The first kappa shape index (κ1) is 19.0. The van der Waals surface area contributed by atoms with E-state index < -0.39 is 12.1 Å². The van der Waals surface area contributed by atoms with Gasteiger partial charge in [-0.3, -0.25) is 0 Å². The second-order valence-electron chi connectivity index (χ2n) is 5.46. The van der Waals surface area contributed by atoms with Crippen LogP contribution in [0.5, 0.6) is 23.0 Å². The summed E-state index contributed by atoms with van der Waals surface area (Å²) >= 11 is 0. The van der Waals surface area contributed by atoms with Crippen LogP contribution in [0.15, 0.2) is 41.5 Å². The molecule has 2 aromatic carbocycles. The minimum absolute atomic E-state index is 0.121. The van der Waals surface area contributed by atoms with Crippen LogP contribution in [0, 0.1) is 0 Å². The van der Waals surface area contributed by atoms with E-state index in [9.17, 15) is 9.59 Å². The number of rotatable bonds is 6. The van der Waals surface area contributed by atoms with Crippen LogP contribution in [0.2, 0.25) is 0 Å². The van der Waals surface area contributed by atoms with Gasteiger partial charge in [0.25, 0.3) is 0 Å². The van der Waals surface area contributed by atoms with Gasteiger partial charge in [-0.05, 0) is 48.9 Å². The fourth-order valence-corrected chi connectivity index (χ4v) is 2.35. The van der Waals surface area contributed by atoms with Gasteiger partial charge in [0.05, 0.1) is 25.5 Å². The molecular weight excluding hydrogens is 368 g/mol. The quantitative estimate of drug-likeness (QED) is 0.352. The van der Waals surface area contributed by atoms with E-state index in [2.05, 4.69) is 10.5 Å². The molecule has 2 aromatic rings. The number of hydrazone groups is 1. The topological polar surface area (TPSA) is 105 Å². The van der Waals surface area contributed by atoms with Crippen molar-refractivity contribution in [2.75, 3.05) is 20.5 Å². The highest BCUT2D eigenvalue weighted by atomic mass is 16.7. The zero-order chi connectivity index (χ0) is 19.9. The predicted octanol–water partition coefficient (Wildman–Crippen LogP) is 2.72. The van der Waals surface area contributed by atoms with Crippen molar-refractivity contribution >= 4 is 18.3 Å². The van der Waals surface area contributed by atoms with E-state index in [0.29, 0.717) is 28.4 Å². The molecular formula is C19H18N2O7. The Morgan fingerprint density at radius 1 is 1.14 bits per heavy atom. The van der Waals surface area contributed by atoms with Crippen molar-refractivity contribution in [3.8, 4) is 23.0 Å². The molecule has 0 atom stereocenters. The summed E-state index contributed by atoms with van der Waals surface area (Å²) in [5, 5.41) is 3.77. The fourth-order valence-electron chi connectivity index (χ4n) is 2.35. The Morgan fingerprint density at radius 3 is 2.75 bits per heavy atom. The predicted molar refractivity (Wildman–Crippen MR) is 98.3 cm³/mol. The molecule has 28 heavy (non-hydrogen) atoms. The minimum Gasteiger partial charge on any atom is -0.493 e. The Bertz CT molecular complexity index is 911. The van der Waals surface area contributed by atoms with Crippen LogP contribution < -0.4 is 24.4 Å². The highest BCUT2D eigenvalue weighted by Gasteiger charge is 2.18. The molecule has 1 heterocycles. The molecule has 9 nitrogen and oxygen atoms in total. The maximum atomic E-state index is 12.4. The van der Waals surface area contributed by atoms with Gasteiger partial charge in [0.15, 0.2) is 23.0 Å². The summed E-state index contributed by atoms with van der Waals surface area (Å²) in [6.45, 7) is 2.06. The van der Waals surface area contributed by atoms with Crippen LogP contribution in [0.4, 0.5) is 4.79 Å². The largest absolute Gasteiger partial charge is 0.493 e. The number of benzene rings is 2. The SMILES string of the molecule is CCOC(=O)NN=Cc1ccc(OC(=O)c2ccc3c(c2)OCO3)c(OC)c1. The number of nitrogens with zero attached hydrogens (tertiary/aromatic N) is 1. The number of amides is 1. The number of nitrogens with one attached hydrogen (secondary N) is 1. The number of methoxy groups -OCH3 is 1. The molecule has 1 amide bonds. The fraction of sp³-hybridized carbons (Fsp3) is 0.211. The van der Waals surface area contributed by atoms with Crippen LogP contribution >= 0.6 is 0 Å². The van der Waals surface area contributed by atoms with E-state index in [1.807, 2.05) is 0 Å². The molecule has 0 saturated heterocycles. The second-order valence-corrected chi connectivity index (χ2v) is 5.46. The molecule has 3 rings (SSSR count). The van der Waals surface area contributed by atoms with Crippen molar-refractivity contribution in [3.63, 3.8) is 0 Å². The van der Waals surface area contributed by atoms with E-state index >= 15 is 0 Å². The average molecular weight is 386 g/mol. The van der Waals surface area contributed by atoms with Gasteiger partial charge in [-0.1, -0.05) is 0 Å². The summed E-state index contributed by atoms with van der Waals surface area (Å²) in [4.78, 5) is 23.6. The lowest BCUT2D eigenvalue weighted by atomic mass is 10.2. The summed E-state index contributed by atoms with van der Waals surface area (Å²) in [6.07, 6.45) is 0.753. The molecule has 0 aromatic heterocycles. The van der Waals surface area contributed by atoms with Crippen LogP contribution in [0.3, 0.4) is 0 Å². The molecule has 0 unspecified atom stereocenters. The van der Waals surface area contributed by atoms with E-state index in [1.165, 1.54) is 13.3 Å². The van der Waals surface area contributed by atoms with Crippen molar-refractivity contribution in [1.82, 2.24) is 5.43 Å². The maximum absolute atomic E-state index is 12.4. The summed E-state index contributed by atoms with van der Waals surface area (Å²) < 4.78 is 25.9. The monoisotopic (exact) mass is 386 g/mol. The van der Waals surface area contributed by atoms with Crippen LogP contribution in [-0.4, -0.2) is 38.8 Å². The molecule has 1 aliphatic heterocycles. The molecule has 0 saturated carbocycles. The van der Waals surface area contributed by atoms with E-state index in [-0.39, 0.29) is 19.1 Å². The van der Waals surface area contributed by atoms with Crippen LogP contribution in [0.1, 0.15) is 22.8 Å². The molecule has 0 bridgehead atoms. The number of carbonyl (C=O) groups is 2. The first-order chi connectivity index (χ1) is 13.6. The summed E-state index contributed by atoms with van der Waals surface area (Å²) in [5.41, 5.74) is 3.16. The van der Waals surface area contributed by atoms with Gasteiger partial charge < -0.3 is 23.7 Å². The zero-order valence-electron chi connectivity index (χ0n) is 15.3. The maximum Gasteiger partial charge on any atom is 0.427 e. The first-order valence-corrected chi connectivity index (χ1v) is 8.36. The van der Waals surface area contributed by atoms with Crippen molar-refractivity contribution < 1.29 is 33.3 Å².